The molecule has 1 saturated heterocycles. The first-order valence-corrected chi connectivity index (χ1v) is 6.67. The Morgan fingerprint density at radius 2 is 2.30 bits per heavy atom. The Morgan fingerprint density at radius 3 is 3.05 bits per heavy atom. The van der Waals surface area contributed by atoms with Crippen molar-refractivity contribution >= 4 is 23.7 Å². The number of nitrogens with two attached hydrogens (primary N) is 1. The van der Waals surface area contributed by atoms with E-state index in [0.29, 0.717) is 18.1 Å². The average Bonchev–Trinajstić information content (AvgIpc) is 2.86. The second-order valence-electron chi connectivity index (χ2n) is 5.05. The van der Waals surface area contributed by atoms with Crippen molar-refractivity contribution in [2.75, 3.05) is 18.0 Å². The summed E-state index contributed by atoms with van der Waals surface area (Å²) in [6.07, 6.45) is 4.30. The summed E-state index contributed by atoms with van der Waals surface area (Å²) >= 11 is 0. The number of amides is 1. The van der Waals surface area contributed by atoms with Crippen molar-refractivity contribution in [2.24, 2.45) is 11.7 Å². The van der Waals surface area contributed by atoms with E-state index in [1.54, 1.807) is 4.40 Å². The van der Waals surface area contributed by atoms with Crippen LogP contribution in [0.3, 0.4) is 0 Å². The molecule has 1 aliphatic rings. The van der Waals surface area contributed by atoms with Crippen LogP contribution in [0.4, 0.5) is 5.82 Å². The molecule has 6 heteroatoms. The molecule has 1 fully saturated rings. The molecule has 2 aromatic heterocycles. The van der Waals surface area contributed by atoms with Crippen LogP contribution in [-0.2, 0) is 4.79 Å². The Kier molecular flexibility index (Phi) is 3.14. The number of aromatic nitrogens is 2. The first-order valence-electron chi connectivity index (χ1n) is 6.67. The number of rotatable bonds is 3. The van der Waals surface area contributed by atoms with Crippen molar-refractivity contribution < 1.29 is 9.59 Å². The standard InChI is InChI=1S/C14H16N4O2/c15-13(20)10-4-3-6-17(8-10)14-11(9-19)18-7-2-1-5-12(18)16-14/h1-2,5,7,9-10H,3-4,6,8H2,(H2,15,20). The highest BCUT2D eigenvalue weighted by Gasteiger charge is 2.27. The number of anilines is 1. The van der Waals surface area contributed by atoms with E-state index < -0.39 is 0 Å². The predicted octanol–water partition coefficient (Wildman–Crippen LogP) is 0.848. The van der Waals surface area contributed by atoms with E-state index in [0.717, 1.165) is 31.3 Å². The highest BCUT2D eigenvalue weighted by Crippen LogP contribution is 2.25. The number of piperidine rings is 1. The number of imidazole rings is 1. The van der Waals surface area contributed by atoms with Crippen molar-refractivity contribution in [1.82, 2.24) is 9.38 Å². The van der Waals surface area contributed by atoms with Crippen molar-refractivity contribution in [3.8, 4) is 0 Å². The van der Waals surface area contributed by atoms with Gasteiger partial charge in [0.25, 0.3) is 0 Å². The fourth-order valence-corrected chi connectivity index (χ4v) is 2.75. The minimum absolute atomic E-state index is 0.173. The number of fused-ring (bicyclic) bond motifs is 1. The second kappa shape index (κ2) is 4.96. The van der Waals surface area contributed by atoms with Gasteiger partial charge in [0, 0.05) is 19.3 Å². The van der Waals surface area contributed by atoms with Gasteiger partial charge in [0.2, 0.25) is 5.91 Å². The molecule has 104 valence electrons. The fraction of sp³-hybridized carbons (Fsp3) is 0.357. The predicted molar refractivity (Wildman–Crippen MR) is 74.7 cm³/mol. The van der Waals surface area contributed by atoms with Gasteiger partial charge in [-0.2, -0.15) is 0 Å². The smallest absolute Gasteiger partial charge is 0.222 e. The van der Waals surface area contributed by atoms with E-state index in [1.165, 1.54) is 0 Å². The molecule has 3 heterocycles. The zero-order chi connectivity index (χ0) is 14.1. The van der Waals surface area contributed by atoms with Crippen molar-refractivity contribution in [2.45, 2.75) is 12.8 Å². The molecular formula is C14H16N4O2. The monoisotopic (exact) mass is 272 g/mol. The van der Waals surface area contributed by atoms with E-state index in [1.807, 2.05) is 29.3 Å². The van der Waals surface area contributed by atoms with Gasteiger partial charge in [-0.25, -0.2) is 4.98 Å². The molecule has 0 bridgehead atoms. The number of pyridine rings is 1. The molecular weight excluding hydrogens is 256 g/mol. The average molecular weight is 272 g/mol. The third-order valence-electron chi connectivity index (χ3n) is 3.78. The van der Waals surface area contributed by atoms with Gasteiger partial charge in [0.05, 0.1) is 5.92 Å². The van der Waals surface area contributed by atoms with Gasteiger partial charge in [0.1, 0.15) is 11.3 Å². The van der Waals surface area contributed by atoms with Gasteiger partial charge in [-0.05, 0) is 25.0 Å². The van der Waals surface area contributed by atoms with Crippen LogP contribution in [0.25, 0.3) is 5.65 Å². The highest BCUT2D eigenvalue weighted by molar-refractivity contribution is 5.84. The third kappa shape index (κ3) is 2.03. The van der Waals surface area contributed by atoms with Gasteiger partial charge >= 0.3 is 0 Å². The summed E-state index contributed by atoms with van der Waals surface area (Å²) in [7, 11) is 0. The number of carbonyl (C=O) groups excluding carboxylic acids is 2. The summed E-state index contributed by atoms with van der Waals surface area (Å²) in [5.41, 5.74) is 6.64. The van der Waals surface area contributed by atoms with Gasteiger partial charge < -0.3 is 10.6 Å². The summed E-state index contributed by atoms with van der Waals surface area (Å²) in [4.78, 5) is 29.2. The maximum absolute atomic E-state index is 11.4. The van der Waals surface area contributed by atoms with Gasteiger partial charge in [-0.1, -0.05) is 6.07 Å². The summed E-state index contributed by atoms with van der Waals surface area (Å²) in [6, 6.07) is 5.59. The summed E-state index contributed by atoms with van der Waals surface area (Å²) < 4.78 is 1.76. The Labute approximate surface area is 116 Å². The number of nitrogens with zero attached hydrogens (tertiary/aromatic N) is 3. The topological polar surface area (TPSA) is 80.7 Å². The van der Waals surface area contributed by atoms with Crippen molar-refractivity contribution in [3.63, 3.8) is 0 Å². The van der Waals surface area contributed by atoms with Crippen LogP contribution in [0.5, 0.6) is 0 Å². The lowest BCUT2D eigenvalue weighted by atomic mass is 9.97. The van der Waals surface area contributed by atoms with E-state index >= 15 is 0 Å². The number of aldehydes is 1. The van der Waals surface area contributed by atoms with Crippen LogP contribution < -0.4 is 10.6 Å². The molecule has 3 rings (SSSR count). The largest absolute Gasteiger partial charge is 0.369 e. The zero-order valence-corrected chi connectivity index (χ0v) is 11.0. The quantitative estimate of drug-likeness (QED) is 0.840. The molecule has 0 spiro atoms. The molecule has 1 atom stereocenters. The van der Waals surface area contributed by atoms with E-state index in [4.69, 9.17) is 5.73 Å². The molecule has 6 nitrogen and oxygen atoms in total. The summed E-state index contributed by atoms with van der Waals surface area (Å²) in [5, 5.41) is 0. The Balaban J connectivity index is 2.01. The maximum Gasteiger partial charge on any atom is 0.222 e. The zero-order valence-electron chi connectivity index (χ0n) is 11.0. The number of carbonyl (C=O) groups is 2. The molecule has 0 radical (unpaired) electrons. The molecule has 2 N–H and O–H groups in total. The Hall–Kier alpha value is -2.37. The SMILES string of the molecule is NC(=O)C1CCCN(c2nc3ccccn3c2C=O)C1. The Bertz CT molecular complexity index is 664. The normalized spacial score (nSPS) is 19.2. The van der Waals surface area contributed by atoms with E-state index in [9.17, 15) is 9.59 Å². The number of hydrogen-bond donors (Lipinski definition) is 1. The Morgan fingerprint density at radius 1 is 1.45 bits per heavy atom. The lowest BCUT2D eigenvalue weighted by Gasteiger charge is -2.31. The molecule has 1 unspecified atom stereocenters. The fourth-order valence-electron chi connectivity index (χ4n) is 2.75. The minimum Gasteiger partial charge on any atom is -0.369 e. The number of primary amides is 1. The lowest BCUT2D eigenvalue weighted by Crippen LogP contribution is -2.41. The van der Waals surface area contributed by atoms with Crippen LogP contribution in [0.2, 0.25) is 0 Å². The van der Waals surface area contributed by atoms with E-state index in [-0.39, 0.29) is 11.8 Å². The van der Waals surface area contributed by atoms with Crippen LogP contribution in [0.15, 0.2) is 24.4 Å². The first kappa shape index (κ1) is 12.7. The molecule has 1 aliphatic heterocycles. The highest BCUT2D eigenvalue weighted by atomic mass is 16.1. The minimum atomic E-state index is -0.286. The van der Waals surface area contributed by atoms with Gasteiger partial charge in [-0.3, -0.25) is 14.0 Å². The molecule has 0 aliphatic carbocycles. The first-order chi connectivity index (χ1) is 9.70. The molecule has 0 saturated carbocycles. The molecule has 20 heavy (non-hydrogen) atoms. The van der Waals surface area contributed by atoms with Crippen LogP contribution >= 0.6 is 0 Å². The van der Waals surface area contributed by atoms with Crippen molar-refractivity contribution in [1.29, 1.82) is 0 Å². The molecule has 0 aromatic carbocycles. The molecule has 1 amide bonds. The van der Waals surface area contributed by atoms with Gasteiger partial charge in [0.15, 0.2) is 12.1 Å². The summed E-state index contributed by atoms with van der Waals surface area (Å²) in [5.74, 6) is 0.177. The molecule has 2 aromatic rings. The van der Waals surface area contributed by atoms with Crippen LogP contribution in [-0.4, -0.2) is 34.7 Å². The third-order valence-corrected chi connectivity index (χ3v) is 3.78. The number of hydrogen-bond acceptors (Lipinski definition) is 4. The lowest BCUT2D eigenvalue weighted by molar-refractivity contribution is -0.122. The van der Waals surface area contributed by atoms with Crippen LogP contribution in [0, 0.1) is 5.92 Å². The maximum atomic E-state index is 11.4. The second-order valence-corrected chi connectivity index (χ2v) is 5.05. The van der Waals surface area contributed by atoms with Crippen LogP contribution in [0.1, 0.15) is 23.3 Å². The van der Waals surface area contributed by atoms with Crippen molar-refractivity contribution in [3.05, 3.63) is 30.1 Å². The van der Waals surface area contributed by atoms with Gasteiger partial charge in [-0.15, -0.1) is 0 Å². The van der Waals surface area contributed by atoms with E-state index in [2.05, 4.69) is 4.98 Å². The summed E-state index contributed by atoms with van der Waals surface area (Å²) in [6.45, 7) is 1.31.